The molecule has 1 heterocycles. The van der Waals surface area contributed by atoms with Gasteiger partial charge < -0.3 is 9.64 Å². The zero-order valence-electron chi connectivity index (χ0n) is 13.1. The van der Waals surface area contributed by atoms with Crippen molar-refractivity contribution >= 4 is 5.91 Å². The van der Waals surface area contributed by atoms with Gasteiger partial charge in [0, 0.05) is 13.2 Å². The Bertz CT molecular complexity index is 279. The van der Waals surface area contributed by atoms with Gasteiger partial charge in [-0.15, -0.1) is 0 Å². The van der Waals surface area contributed by atoms with Crippen LogP contribution >= 0.6 is 0 Å². The summed E-state index contributed by atoms with van der Waals surface area (Å²) in [5.74, 6) is 0.982. The van der Waals surface area contributed by atoms with Crippen molar-refractivity contribution in [2.24, 2.45) is 11.8 Å². The number of hydrogen-bond acceptors (Lipinski definition) is 3. The van der Waals surface area contributed by atoms with E-state index >= 15 is 0 Å². The maximum atomic E-state index is 12.4. The summed E-state index contributed by atoms with van der Waals surface area (Å²) in [7, 11) is 0. The van der Waals surface area contributed by atoms with Gasteiger partial charge in [-0.25, -0.2) is 0 Å². The standard InChI is InChI=1S/C15H30N2O2/c1-6-7-9-19-10-8-17-14(12(4)5)16-13(11(2)3)15(17)18/h11-14,16H,6-10H2,1-5H3. The van der Waals surface area contributed by atoms with Crippen molar-refractivity contribution in [1.29, 1.82) is 0 Å². The van der Waals surface area contributed by atoms with Gasteiger partial charge in [0.2, 0.25) is 5.91 Å². The van der Waals surface area contributed by atoms with E-state index in [0.717, 1.165) is 19.4 Å². The van der Waals surface area contributed by atoms with Crippen molar-refractivity contribution in [3.05, 3.63) is 0 Å². The van der Waals surface area contributed by atoms with Gasteiger partial charge in [0.25, 0.3) is 0 Å². The molecule has 1 aliphatic rings. The van der Waals surface area contributed by atoms with Crippen LogP contribution in [0, 0.1) is 11.8 Å². The van der Waals surface area contributed by atoms with E-state index in [1.54, 1.807) is 0 Å². The first kappa shape index (κ1) is 16.4. The first-order valence-corrected chi connectivity index (χ1v) is 7.63. The molecule has 19 heavy (non-hydrogen) atoms. The summed E-state index contributed by atoms with van der Waals surface area (Å²) in [4.78, 5) is 14.3. The van der Waals surface area contributed by atoms with Gasteiger partial charge in [-0.05, 0) is 18.3 Å². The summed E-state index contributed by atoms with van der Waals surface area (Å²) in [5.41, 5.74) is 0. The number of nitrogens with zero attached hydrogens (tertiary/aromatic N) is 1. The summed E-state index contributed by atoms with van der Waals surface area (Å²) in [6, 6.07) is -0.0389. The van der Waals surface area contributed by atoms with Gasteiger partial charge in [0.05, 0.1) is 18.8 Å². The van der Waals surface area contributed by atoms with Crippen LogP contribution in [0.1, 0.15) is 47.5 Å². The molecule has 1 fully saturated rings. The summed E-state index contributed by atoms with van der Waals surface area (Å²) in [5, 5.41) is 3.46. The normalized spacial score (nSPS) is 23.9. The van der Waals surface area contributed by atoms with Crippen LogP contribution in [0.5, 0.6) is 0 Å². The van der Waals surface area contributed by atoms with E-state index in [9.17, 15) is 4.79 Å². The number of carbonyl (C=O) groups is 1. The smallest absolute Gasteiger partial charge is 0.241 e. The molecule has 0 bridgehead atoms. The van der Waals surface area contributed by atoms with Gasteiger partial charge in [-0.3, -0.25) is 10.1 Å². The molecule has 1 aliphatic heterocycles. The number of nitrogens with one attached hydrogen (secondary N) is 1. The predicted molar refractivity (Wildman–Crippen MR) is 77.8 cm³/mol. The Morgan fingerprint density at radius 2 is 1.89 bits per heavy atom. The van der Waals surface area contributed by atoms with E-state index in [2.05, 4.69) is 39.9 Å². The number of unbranched alkanes of at least 4 members (excludes halogenated alkanes) is 1. The molecule has 1 N–H and O–H groups in total. The van der Waals surface area contributed by atoms with Crippen molar-refractivity contribution < 1.29 is 9.53 Å². The van der Waals surface area contributed by atoms with Crippen LogP contribution in [0.4, 0.5) is 0 Å². The van der Waals surface area contributed by atoms with E-state index < -0.39 is 0 Å². The third-order valence-corrected chi connectivity index (χ3v) is 3.65. The number of amides is 1. The molecule has 0 spiro atoms. The first-order chi connectivity index (χ1) is 8.99. The highest BCUT2D eigenvalue weighted by Crippen LogP contribution is 2.21. The first-order valence-electron chi connectivity index (χ1n) is 7.63. The Morgan fingerprint density at radius 3 is 2.42 bits per heavy atom. The lowest BCUT2D eigenvalue weighted by molar-refractivity contribution is -0.132. The Hall–Kier alpha value is -0.610. The number of hydrogen-bond donors (Lipinski definition) is 1. The SMILES string of the molecule is CCCCOCCN1C(=O)C(C(C)C)NC1C(C)C. The average Bonchev–Trinajstić information content (AvgIpc) is 2.67. The maximum absolute atomic E-state index is 12.4. The fourth-order valence-electron chi connectivity index (χ4n) is 2.45. The number of ether oxygens (including phenoxy) is 1. The Balaban J connectivity index is 2.50. The number of rotatable bonds is 8. The predicted octanol–water partition coefficient (Wildman–Crippen LogP) is 2.24. The van der Waals surface area contributed by atoms with E-state index in [4.69, 9.17) is 4.74 Å². The highest BCUT2D eigenvalue weighted by Gasteiger charge is 2.41. The summed E-state index contributed by atoms with van der Waals surface area (Å²) < 4.78 is 5.59. The summed E-state index contributed by atoms with van der Waals surface area (Å²) in [6.45, 7) is 12.8. The Kier molecular flexibility index (Phi) is 6.80. The minimum absolute atomic E-state index is 0.0389. The number of carbonyl (C=O) groups excluding carboxylic acids is 1. The molecule has 2 atom stereocenters. The quantitative estimate of drug-likeness (QED) is 0.688. The Labute approximate surface area is 117 Å². The third kappa shape index (κ3) is 4.46. The maximum Gasteiger partial charge on any atom is 0.241 e. The zero-order chi connectivity index (χ0) is 14.4. The zero-order valence-corrected chi connectivity index (χ0v) is 13.1. The van der Waals surface area contributed by atoms with Crippen LogP contribution in [-0.2, 0) is 9.53 Å². The molecule has 1 rings (SSSR count). The van der Waals surface area contributed by atoms with Crippen LogP contribution < -0.4 is 5.32 Å². The van der Waals surface area contributed by atoms with E-state index in [0.29, 0.717) is 25.0 Å². The molecule has 0 saturated carbocycles. The lowest BCUT2D eigenvalue weighted by Gasteiger charge is -2.27. The second kappa shape index (κ2) is 7.85. The lowest BCUT2D eigenvalue weighted by Crippen LogP contribution is -2.43. The van der Waals surface area contributed by atoms with Gasteiger partial charge in [-0.2, -0.15) is 0 Å². The van der Waals surface area contributed by atoms with E-state index in [-0.39, 0.29) is 18.1 Å². The lowest BCUT2D eigenvalue weighted by atomic mass is 10.1. The Morgan fingerprint density at radius 1 is 1.21 bits per heavy atom. The minimum atomic E-state index is -0.0389. The molecule has 0 aromatic heterocycles. The highest BCUT2D eigenvalue weighted by molar-refractivity contribution is 5.84. The van der Waals surface area contributed by atoms with Gasteiger partial charge in [0.15, 0.2) is 0 Å². The third-order valence-electron chi connectivity index (χ3n) is 3.65. The molecule has 4 heteroatoms. The van der Waals surface area contributed by atoms with Crippen molar-refractivity contribution in [3.63, 3.8) is 0 Å². The molecule has 0 aromatic carbocycles. The second-order valence-electron chi connectivity index (χ2n) is 6.07. The van der Waals surface area contributed by atoms with Crippen LogP contribution in [-0.4, -0.2) is 42.8 Å². The molecular formula is C15H30N2O2. The van der Waals surface area contributed by atoms with Crippen molar-refractivity contribution in [1.82, 2.24) is 10.2 Å². The molecule has 1 amide bonds. The van der Waals surface area contributed by atoms with Crippen LogP contribution in [0.3, 0.4) is 0 Å². The molecule has 112 valence electrons. The van der Waals surface area contributed by atoms with Crippen LogP contribution in [0.2, 0.25) is 0 Å². The van der Waals surface area contributed by atoms with E-state index in [1.807, 2.05) is 4.90 Å². The molecule has 0 aromatic rings. The monoisotopic (exact) mass is 270 g/mol. The topological polar surface area (TPSA) is 41.6 Å². The summed E-state index contributed by atoms with van der Waals surface area (Å²) >= 11 is 0. The fourth-order valence-corrected chi connectivity index (χ4v) is 2.45. The van der Waals surface area contributed by atoms with Crippen molar-refractivity contribution in [2.45, 2.75) is 59.7 Å². The van der Waals surface area contributed by atoms with Gasteiger partial charge >= 0.3 is 0 Å². The fraction of sp³-hybridized carbons (Fsp3) is 0.933. The molecule has 2 unspecified atom stereocenters. The molecule has 4 nitrogen and oxygen atoms in total. The van der Waals surface area contributed by atoms with E-state index in [1.165, 1.54) is 0 Å². The molecule has 1 saturated heterocycles. The van der Waals surface area contributed by atoms with Crippen LogP contribution in [0.15, 0.2) is 0 Å². The highest BCUT2D eigenvalue weighted by atomic mass is 16.5. The minimum Gasteiger partial charge on any atom is -0.380 e. The molecule has 0 aliphatic carbocycles. The van der Waals surface area contributed by atoms with Gasteiger partial charge in [-0.1, -0.05) is 41.0 Å². The second-order valence-corrected chi connectivity index (χ2v) is 6.07. The van der Waals surface area contributed by atoms with Crippen LogP contribution in [0.25, 0.3) is 0 Å². The summed E-state index contributed by atoms with van der Waals surface area (Å²) in [6.07, 6.45) is 2.39. The van der Waals surface area contributed by atoms with Crippen molar-refractivity contribution in [3.8, 4) is 0 Å². The average molecular weight is 270 g/mol. The molecular weight excluding hydrogens is 240 g/mol. The van der Waals surface area contributed by atoms with Crippen molar-refractivity contribution in [2.75, 3.05) is 19.8 Å². The molecule has 0 radical (unpaired) electrons. The largest absolute Gasteiger partial charge is 0.380 e. The van der Waals surface area contributed by atoms with Gasteiger partial charge in [0.1, 0.15) is 0 Å².